The fraction of sp³-hybridized carbons (Fsp3) is 0.357. The maximum absolute atomic E-state index is 6.29. The lowest BCUT2D eigenvalue weighted by Crippen LogP contribution is -2.13. The van der Waals surface area contributed by atoms with Crippen LogP contribution in [0.15, 0.2) is 24.5 Å². The third kappa shape index (κ3) is 2.42. The third-order valence-corrected chi connectivity index (χ3v) is 3.15. The molecule has 1 aromatic carbocycles. The number of benzene rings is 1. The minimum Gasteiger partial charge on any atom is -0.493 e. The van der Waals surface area contributed by atoms with Gasteiger partial charge in [0.2, 0.25) is 5.75 Å². The van der Waals surface area contributed by atoms with Crippen LogP contribution in [-0.2, 0) is 7.05 Å². The van der Waals surface area contributed by atoms with Gasteiger partial charge < -0.3 is 19.9 Å². The van der Waals surface area contributed by atoms with Gasteiger partial charge in [-0.2, -0.15) is 5.10 Å². The van der Waals surface area contributed by atoms with Crippen molar-refractivity contribution >= 4 is 0 Å². The van der Waals surface area contributed by atoms with Crippen molar-refractivity contribution in [2.45, 2.75) is 6.04 Å². The number of aryl methyl sites for hydroxylation is 1. The first-order valence-corrected chi connectivity index (χ1v) is 6.15. The van der Waals surface area contributed by atoms with Crippen LogP contribution in [0, 0.1) is 0 Å². The summed E-state index contributed by atoms with van der Waals surface area (Å²) in [7, 11) is 6.58. The molecule has 0 saturated heterocycles. The highest BCUT2D eigenvalue weighted by Gasteiger charge is 2.21. The molecule has 1 unspecified atom stereocenters. The lowest BCUT2D eigenvalue weighted by molar-refractivity contribution is 0.321. The molecule has 0 aliphatic rings. The number of methoxy groups -OCH3 is 3. The Morgan fingerprint density at radius 3 is 2.30 bits per heavy atom. The Kier molecular flexibility index (Phi) is 4.14. The first-order chi connectivity index (χ1) is 9.62. The average molecular weight is 277 g/mol. The van der Waals surface area contributed by atoms with Gasteiger partial charge in [0.1, 0.15) is 0 Å². The molecule has 1 atom stereocenters. The van der Waals surface area contributed by atoms with Crippen LogP contribution in [0.3, 0.4) is 0 Å². The topological polar surface area (TPSA) is 71.5 Å². The van der Waals surface area contributed by atoms with Gasteiger partial charge in [0, 0.05) is 24.4 Å². The molecular formula is C14H19N3O3. The van der Waals surface area contributed by atoms with Crippen molar-refractivity contribution in [3.05, 3.63) is 35.7 Å². The van der Waals surface area contributed by atoms with E-state index < -0.39 is 0 Å². The smallest absolute Gasteiger partial charge is 0.203 e. The van der Waals surface area contributed by atoms with Crippen LogP contribution >= 0.6 is 0 Å². The van der Waals surface area contributed by atoms with Crippen molar-refractivity contribution in [1.29, 1.82) is 0 Å². The lowest BCUT2D eigenvalue weighted by Gasteiger charge is -2.19. The number of hydrogen-bond acceptors (Lipinski definition) is 5. The van der Waals surface area contributed by atoms with E-state index in [9.17, 15) is 0 Å². The highest BCUT2D eigenvalue weighted by molar-refractivity contribution is 5.57. The molecular weight excluding hydrogens is 258 g/mol. The highest BCUT2D eigenvalue weighted by Crippen LogP contribution is 2.42. The van der Waals surface area contributed by atoms with Crippen molar-refractivity contribution in [2.75, 3.05) is 21.3 Å². The van der Waals surface area contributed by atoms with Gasteiger partial charge in [-0.15, -0.1) is 0 Å². The van der Waals surface area contributed by atoms with Crippen LogP contribution in [0.2, 0.25) is 0 Å². The molecule has 0 spiro atoms. The Morgan fingerprint density at radius 1 is 1.10 bits per heavy atom. The minimum atomic E-state index is -0.349. The summed E-state index contributed by atoms with van der Waals surface area (Å²) in [6.07, 6.45) is 3.61. The third-order valence-electron chi connectivity index (χ3n) is 3.15. The van der Waals surface area contributed by atoms with E-state index in [4.69, 9.17) is 19.9 Å². The monoisotopic (exact) mass is 277 g/mol. The van der Waals surface area contributed by atoms with Crippen LogP contribution in [-0.4, -0.2) is 31.1 Å². The average Bonchev–Trinajstić information content (AvgIpc) is 2.91. The maximum atomic E-state index is 6.29. The molecule has 0 aliphatic carbocycles. The normalized spacial score (nSPS) is 12.1. The van der Waals surface area contributed by atoms with E-state index in [2.05, 4.69) is 5.10 Å². The van der Waals surface area contributed by atoms with Crippen LogP contribution in [0.25, 0.3) is 0 Å². The molecule has 6 nitrogen and oxygen atoms in total. The van der Waals surface area contributed by atoms with Crippen molar-refractivity contribution in [2.24, 2.45) is 12.8 Å². The lowest BCUT2D eigenvalue weighted by atomic mass is 10.0. The number of nitrogens with zero attached hydrogens (tertiary/aromatic N) is 2. The summed E-state index contributed by atoms with van der Waals surface area (Å²) in [5, 5.41) is 4.13. The molecule has 0 fully saturated rings. The molecule has 0 saturated carbocycles. The number of rotatable bonds is 5. The van der Waals surface area contributed by atoms with Crippen molar-refractivity contribution in [3.8, 4) is 17.2 Å². The van der Waals surface area contributed by atoms with Crippen LogP contribution < -0.4 is 19.9 Å². The van der Waals surface area contributed by atoms with Crippen molar-refractivity contribution in [1.82, 2.24) is 9.78 Å². The van der Waals surface area contributed by atoms with Gasteiger partial charge in [-0.1, -0.05) is 0 Å². The summed E-state index contributed by atoms with van der Waals surface area (Å²) in [6.45, 7) is 0. The van der Waals surface area contributed by atoms with Gasteiger partial charge in [-0.3, -0.25) is 4.68 Å². The predicted molar refractivity (Wildman–Crippen MR) is 75.3 cm³/mol. The van der Waals surface area contributed by atoms with Crippen molar-refractivity contribution < 1.29 is 14.2 Å². The molecule has 2 aromatic rings. The number of hydrogen-bond donors (Lipinski definition) is 1. The number of nitrogens with two attached hydrogens (primary N) is 1. The van der Waals surface area contributed by atoms with E-state index in [0.29, 0.717) is 17.2 Å². The van der Waals surface area contributed by atoms with Gasteiger partial charge in [0.05, 0.1) is 33.6 Å². The molecule has 6 heteroatoms. The maximum Gasteiger partial charge on any atom is 0.203 e. The fourth-order valence-electron chi connectivity index (χ4n) is 2.15. The first kappa shape index (κ1) is 14.2. The van der Waals surface area contributed by atoms with E-state index in [1.807, 2.05) is 25.4 Å². The van der Waals surface area contributed by atoms with E-state index in [0.717, 1.165) is 11.1 Å². The Bertz CT molecular complexity index is 595. The molecule has 108 valence electrons. The zero-order chi connectivity index (χ0) is 14.7. The summed E-state index contributed by atoms with van der Waals surface area (Å²) in [6, 6.07) is 3.34. The molecule has 0 aliphatic heterocycles. The van der Waals surface area contributed by atoms with Gasteiger partial charge >= 0.3 is 0 Å². The number of aromatic nitrogens is 2. The first-order valence-electron chi connectivity index (χ1n) is 6.15. The van der Waals surface area contributed by atoms with Crippen LogP contribution in [0.4, 0.5) is 0 Å². The summed E-state index contributed by atoms with van der Waals surface area (Å²) < 4.78 is 17.8. The highest BCUT2D eigenvalue weighted by atomic mass is 16.5. The molecule has 0 radical (unpaired) electrons. The Labute approximate surface area is 118 Å². The summed E-state index contributed by atoms with van der Waals surface area (Å²) >= 11 is 0. The zero-order valence-electron chi connectivity index (χ0n) is 12.1. The molecule has 1 heterocycles. The summed E-state index contributed by atoms with van der Waals surface area (Å²) in [5.41, 5.74) is 8.01. The standard InChI is InChI=1S/C14H19N3O3/c1-17-8-9(7-16-17)12(15)10-5-6-11(18-2)14(20-4)13(10)19-3/h5-8,12H,15H2,1-4H3. The largest absolute Gasteiger partial charge is 0.493 e. The van der Waals surface area contributed by atoms with E-state index in [1.54, 1.807) is 32.2 Å². The second kappa shape index (κ2) is 5.83. The van der Waals surface area contributed by atoms with Gasteiger partial charge in [0.15, 0.2) is 11.5 Å². The second-order valence-corrected chi connectivity index (χ2v) is 4.35. The fourth-order valence-corrected chi connectivity index (χ4v) is 2.15. The van der Waals surface area contributed by atoms with Crippen molar-refractivity contribution in [3.63, 3.8) is 0 Å². The Morgan fingerprint density at radius 2 is 1.80 bits per heavy atom. The minimum absolute atomic E-state index is 0.349. The molecule has 20 heavy (non-hydrogen) atoms. The molecule has 0 amide bonds. The molecule has 1 aromatic heterocycles. The summed E-state index contributed by atoms with van der Waals surface area (Å²) in [4.78, 5) is 0. The van der Waals surface area contributed by atoms with Crippen LogP contribution in [0.1, 0.15) is 17.2 Å². The Balaban J connectivity index is 2.51. The SMILES string of the molecule is COc1ccc(C(N)c2cnn(C)c2)c(OC)c1OC. The van der Waals surface area contributed by atoms with Gasteiger partial charge in [0.25, 0.3) is 0 Å². The van der Waals surface area contributed by atoms with Gasteiger partial charge in [-0.25, -0.2) is 0 Å². The number of ether oxygens (including phenoxy) is 3. The van der Waals surface area contributed by atoms with E-state index in [1.165, 1.54) is 0 Å². The Hall–Kier alpha value is -2.21. The molecule has 0 bridgehead atoms. The molecule has 2 N–H and O–H groups in total. The van der Waals surface area contributed by atoms with Crippen LogP contribution in [0.5, 0.6) is 17.2 Å². The molecule has 2 rings (SSSR count). The van der Waals surface area contributed by atoms with E-state index in [-0.39, 0.29) is 6.04 Å². The predicted octanol–water partition coefficient (Wildman–Crippen LogP) is 1.49. The summed E-state index contributed by atoms with van der Waals surface area (Å²) in [5.74, 6) is 1.71. The second-order valence-electron chi connectivity index (χ2n) is 4.35. The zero-order valence-corrected chi connectivity index (χ0v) is 12.1. The van der Waals surface area contributed by atoms with E-state index >= 15 is 0 Å². The van der Waals surface area contributed by atoms with Gasteiger partial charge in [-0.05, 0) is 12.1 Å². The quantitative estimate of drug-likeness (QED) is 0.896.